The van der Waals surface area contributed by atoms with E-state index in [9.17, 15) is 4.79 Å². The van der Waals surface area contributed by atoms with E-state index in [0.29, 0.717) is 10.8 Å². The van der Waals surface area contributed by atoms with Gasteiger partial charge in [-0.05, 0) is 48.2 Å². The van der Waals surface area contributed by atoms with E-state index >= 15 is 0 Å². The summed E-state index contributed by atoms with van der Waals surface area (Å²) in [5.74, 6) is 1.47. The van der Waals surface area contributed by atoms with E-state index < -0.39 is 0 Å². The summed E-state index contributed by atoms with van der Waals surface area (Å²) in [5, 5.41) is 0.500. The maximum Gasteiger partial charge on any atom is 0.260 e. The van der Waals surface area contributed by atoms with Crippen LogP contribution < -0.4 is 9.64 Å². The van der Waals surface area contributed by atoms with Crippen LogP contribution in [0, 0.1) is 0 Å². The standard InChI is InChI=1S/C25H26ClN3O2/c1-28(21-12-15-29(16-13-21)24-9-5-6-14-27-24)25(30)18-31-23-11-10-20(17-22(23)26)19-7-3-2-4-8-19/h2-11,14,17,21H,12-13,15-16,18H2,1H3. The smallest absolute Gasteiger partial charge is 0.260 e. The SMILES string of the molecule is CN(C(=O)COc1ccc(-c2ccccc2)cc1Cl)C1CCN(c2ccccn2)CC1. The van der Waals surface area contributed by atoms with Crippen molar-refractivity contribution in [3.05, 3.63) is 77.9 Å². The van der Waals surface area contributed by atoms with Crippen molar-refractivity contribution in [2.45, 2.75) is 18.9 Å². The Hall–Kier alpha value is -3.05. The molecule has 4 rings (SSSR count). The molecule has 0 unspecified atom stereocenters. The van der Waals surface area contributed by atoms with Crippen LogP contribution in [-0.4, -0.2) is 48.6 Å². The van der Waals surface area contributed by atoms with E-state index in [1.54, 1.807) is 0 Å². The number of halogens is 1. The van der Waals surface area contributed by atoms with Crippen LogP contribution in [0.4, 0.5) is 5.82 Å². The van der Waals surface area contributed by atoms with Crippen LogP contribution in [0.2, 0.25) is 5.02 Å². The number of nitrogens with zero attached hydrogens (tertiary/aromatic N) is 3. The second kappa shape index (κ2) is 9.84. The molecule has 3 aromatic rings. The minimum Gasteiger partial charge on any atom is -0.482 e. The molecule has 0 spiro atoms. The lowest BCUT2D eigenvalue weighted by Crippen LogP contribution is -2.47. The van der Waals surface area contributed by atoms with Gasteiger partial charge in [-0.3, -0.25) is 4.79 Å². The molecular formula is C25H26ClN3O2. The number of anilines is 1. The third-order valence-electron chi connectivity index (χ3n) is 5.77. The molecule has 1 aliphatic rings. The van der Waals surface area contributed by atoms with Crippen molar-refractivity contribution in [1.29, 1.82) is 0 Å². The Kier molecular flexibility index (Phi) is 6.73. The van der Waals surface area contributed by atoms with Crippen molar-refractivity contribution in [3.8, 4) is 16.9 Å². The first-order chi connectivity index (χ1) is 15.1. The molecule has 6 heteroatoms. The average Bonchev–Trinajstić information content (AvgIpc) is 2.84. The summed E-state index contributed by atoms with van der Waals surface area (Å²) in [5.41, 5.74) is 2.10. The van der Waals surface area contributed by atoms with Gasteiger partial charge in [0.25, 0.3) is 5.91 Å². The molecule has 5 nitrogen and oxygen atoms in total. The minimum atomic E-state index is -0.0421. The lowest BCUT2D eigenvalue weighted by atomic mass is 10.0. The fourth-order valence-electron chi connectivity index (χ4n) is 3.90. The number of pyridine rings is 1. The summed E-state index contributed by atoms with van der Waals surface area (Å²) in [7, 11) is 1.85. The van der Waals surface area contributed by atoms with Crippen LogP contribution in [0.3, 0.4) is 0 Å². The first-order valence-corrected chi connectivity index (χ1v) is 10.9. The van der Waals surface area contributed by atoms with Crippen molar-refractivity contribution < 1.29 is 9.53 Å². The zero-order chi connectivity index (χ0) is 21.6. The van der Waals surface area contributed by atoms with Crippen molar-refractivity contribution in [1.82, 2.24) is 9.88 Å². The lowest BCUT2D eigenvalue weighted by molar-refractivity contribution is -0.134. The molecule has 1 fully saturated rings. The minimum absolute atomic E-state index is 0.0264. The molecule has 0 saturated carbocycles. The third-order valence-corrected chi connectivity index (χ3v) is 6.06. The third kappa shape index (κ3) is 5.17. The molecule has 0 radical (unpaired) electrons. The molecule has 160 valence electrons. The van der Waals surface area contributed by atoms with Crippen LogP contribution >= 0.6 is 11.6 Å². The number of carbonyl (C=O) groups excluding carboxylic acids is 1. The van der Waals surface area contributed by atoms with Gasteiger partial charge in [-0.15, -0.1) is 0 Å². The Balaban J connectivity index is 1.30. The highest BCUT2D eigenvalue weighted by molar-refractivity contribution is 6.32. The van der Waals surface area contributed by atoms with Crippen molar-refractivity contribution in [2.75, 3.05) is 31.6 Å². The number of amides is 1. The monoisotopic (exact) mass is 435 g/mol. The molecule has 0 bridgehead atoms. The first-order valence-electron chi connectivity index (χ1n) is 10.5. The molecular weight excluding hydrogens is 410 g/mol. The van der Waals surface area contributed by atoms with Gasteiger partial charge in [0.15, 0.2) is 6.61 Å². The largest absolute Gasteiger partial charge is 0.482 e. The van der Waals surface area contributed by atoms with Gasteiger partial charge in [-0.25, -0.2) is 4.98 Å². The van der Waals surface area contributed by atoms with E-state index in [0.717, 1.165) is 42.9 Å². The Morgan fingerprint density at radius 1 is 1.06 bits per heavy atom. The van der Waals surface area contributed by atoms with E-state index in [1.165, 1.54) is 0 Å². The number of rotatable bonds is 6. The van der Waals surface area contributed by atoms with Gasteiger partial charge < -0.3 is 14.5 Å². The Bertz CT molecular complexity index is 1010. The summed E-state index contributed by atoms with van der Waals surface area (Å²) in [4.78, 5) is 21.2. The van der Waals surface area contributed by atoms with Gasteiger partial charge in [-0.2, -0.15) is 0 Å². The summed E-state index contributed by atoms with van der Waals surface area (Å²) < 4.78 is 5.75. The van der Waals surface area contributed by atoms with Gasteiger partial charge in [-0.1, -0.05) is 54.1 Å². The second-order valence-corrected chi connectivity index (χ2v) is 8.12. The van der Waals surface area contributed by atoms with E-state index in [2.05, 4.69) is 9.88 Å². The first kappa shape index (κ1) is 21.2. The summed E-state index contributed by atoms with van der Waals surface area (Å²) >= 11 is 6.40. The fraction of sp³-hybridized carbons (Fsp3) is 0.280. The molecule has 0 aliphatic carbocycles. The van der Waals surface area contributed by atoms with Crippen LogP contribution in [0.5, 0.6) is 5.75 Å². The molecule has 1 amide bonds. The van der Waals surface area contributed by atoms with Crippen LogP contribution in [0.15, 0.2) is 72.9 Å². The Morgan fingerprint density at radius 2 is 1.81 bits per heavy atom. The number of hydrogen-bond donors (Lipinski definition) is 0. The molecule has 2 heterocycles. The number of carbonyl (C=O) groups is 1. The van der Waals surface area contributed by atoms with E-state index in [-0.39, 0.29) is 18.6 Å². The van der Waals surface area contributed by atoms with Gasteiger partial charge >= 0.3 is 0 Å². The van der Waals surface area contributed by atoms with Crippen molar-refractivity contribution in [2.24, 2.45) is 0 Å². The summed E-state index contributed by atoms with van der Waals surface area (Å²) in [6.07, 6.45) is 3.63. The van der Waals surface area contributed by atoms with Crippen LogP contribution in [0.25, 0.3) is 11.1 Å². The fourth-order valence-corrected chi connectivity index (χ4v) is 4.13. The maximum absolute atomic E-state index is 12.7. The normalized spacial score (nSPS) is 14.3. The van der Waals surface area contributed by atoms with Crippen molar-refractivity contribution in [3.63, 3.8) is 0 Å². The van der Waals surface area contributed by atoms with Crippen LogP contribution in [0.1, 0.15) is 12.8 Å². The second-order valence-electron chi connectivity index (χ2n) is 7.71. The predicted molar refractivity (Wildman–Crippen MR) is 125 cm³/mol. The van der Waals surface area contributed by atoms with Gasteiger partial charge in [0, 0.05) is 32.4 Å². The number of piperidine rings is 1. The number of ether oxygens (including phenoxy) is 1. The average molecular weight is 436 g/mol. The molecule has 1 aromatic heterocycles. The topological polar surface area (TPSA) is 45.7 Å². The lowest BCUT2D eigenvalue weighted by Gasteiger charge is -2.37. The summed E-state index contributed by atoms with van der Waals surface area (Å²) in [6.45, 7) is 1.74. The van der Waals surface area contributed by atoms with Gasteiger partial charge in [0.1, 0.15) is 11.6 Å². The zero-order valence-corrected chi connectivity index (χ0v) is 18.3. The summed E-state index contributed by atoms with van der Waals surface area (Å²) in [6, 6.07) is 21.8. The number of hydrogen-bond acceptors (Lipinski definition) is 4. The highest BCUT2D eigenvalue weighted by Gasteiger charge is 2.26. The van der Waals surface area contributed by atoms with E-state index in [1.807, 2.05) is 84.9 Å². The Morgan fingerprint density at radius 3 is 2.48 bits per heavy atom. The highest BCUT2D eigenvalue weighted by atomic mass is 35.5. The Labute approximate surface area is 188 Å². The quantitative estimate of drug-likeness (QED) is 0.552. The van der Waals surface area contributed by atoms with Crippen LogP contribution in [-0.2, 0) is 4.79 Å². The van der Waals surface area contributed by atoms with Gasteiger partial charge in [0.2, 0.25) is 0 Å². The van der Waals surface area contributed by atoms with E-state index in [4.69, 9.17) is 16.3 Å². The molecule has 0 atom stereocenters. The maximum atomic E-state index is 12.7. The molecule has 0 N–H and O–H groups in total. The molecule has 31 heavy (non-hydrogen) atoms. The number of likely N-dealkylation sites (N-methyl/N-ethyl adjacent to an activating group) is 1. The number of benzene rings is 2. The van der Waals surface area contributed by atoms with Gasteiger partial charge in [0.05, 0.1) is 5.02 Å². The zero-order valence-electron chi connectivity index (χ0n) is 17.6. The highest BCUT2D eigenvalue weighted by Crippen LogP contribution is 2.30. The molecule has 1 aliphatic heterocycles. The number of aromatic nitrogens is 1. The predicted octanol–water partition coefficient (Wildman–Crippen LogP) is 4.91. The molecule has 2 aromatic carbocycles. The molecule has 1 saturated heterocycles. The van der Waals surface area contributed by atoms with Crippen molar-refractivity contribution >= 4 is 23.3 Å².